The van der Waals surface area contributed by atoms with Crippen molar-refractivity contribution in [3.63, 3.8) is 0 Å². The molecular weight excluding hydrogens is 370 g/mol. The maximum absolute atomic E-state index is 12.7. The number of likely N-dealkylation sites (tertiary alicyclic amines) is 1. The molecule has 1 saturated heterocycles. The topological polar surface area (TPSA) is 57.2 Å². The Hall–Kier alpha value is -2.99. The number of benzene rings is 2. The fraction of sp³-hybridized carbons (Fsp3) is 0.348. The third-order valence-electron chi connectivity index (χ3n) is 5.22. The monoisotopic (exact) mass is 395 g/mol. The Balaban J connectivity index is 1.45. The molecule has 6 nitrogen and oxygen atoms in total. The van der Waals surface area contributed by atoms with Crippen molar-refractivity contribution in [2.24, 2.45) is 0 Å². The van der Waals surface area contributed by atoms with Crippen LogP contribution in [0.5, 0.6) is 23.0 Å². The van der Waals surface area contributed by atoms with E-state index in [-0.39, 0.29) is 11.5 Å². The first-order valence-electron chi connectivity index (χ1n) is 9.83. The molecule has 0 atom stereocenters. The van der Waals surface area contributed by atoms with E-state index in [2.05, 4.69) is 4.90 Å². The molecule has 1 fully saturated rings. The summed E-state index contributed by atoms with van der Waals surface area (Å²) >= 11 is 0. The van der Waals surface area contributed by atoms with Gasteiger partial charge in [-0.2, -0.15) is 0 Å². The Morgan fingerprint density at radius 1 is 1.03 bits per heavy atom. The largest absolute Gasteiger partial charge is 0.493 e. The molecule has 2 aliphatic heterocycles. The normalized spacial score (nSPS) is 17.3. The fourth-order valence-electron chi connectivity index (χ4n) is 3.65. The van der Waals surface area contributed by atoms with Crippen LogP contribution in [-0.4, -0.2) is 51.1 Å². The number of hydrogen-bond donors (Lipinski definition) is 0. The van der Waals surface area contributed by atoms with Crippen molar-refractivity contribution in [2.75, 3.05) is 40.5 Å². The standard InChI is InChI=1S/C23H25NO5/c1-26-19-8-5-16(13-21(19)27-2)14-22-23(25)18-7-6-17(15-20(18)29-22)28-12-11-24-9-3-4-10-24/h5-8,13-15H,3-4,9-12H2,1-2H3/b22-14+. The van der Waals surface area contributed by atoms with E-state index < -0.39 is 0 Å². The second-order valence-corrected chi connectivity index (χ2v) is 7.11. The van der Waals surface area contributed by atoms with Crippen LogP contribution in [0.25, 0.3) is 6.08 Å². The van der Waals surface area contributed by atoms with Crippen LogP contribution in [0.1, 0.15) is 28.8 Å². The minimum absolute atomic E-state index is 0.140. The Bertz CT molecular complexity index is 931. The molecule has 2 aliphatic rings. The predicted octanol–water partition coefficient (Wildman–Crippen LogP) is 3.79. The highest BCUT2D eigenvalue weighted by molar-refractivity contribution is 6.14. The third kappa shape index (κ3) is 4.22. The van der Waals surface area contributed by atoms with Crippen molar-refractivity contribution in [1.82, 2.24) is 4.90 Å². The van der Waals surface area contributed by atoms with Crippen LogP contribution in [0.4, 0.5) is 0 Å². The molecule has 152 valence electrons. The first-order valence-corrected chi connectivity index (χ1v) is 9.83. The highest BCUT2D eigenvalue weighted by Gasteiger charge is 2.28. The molecular formula is C23H25NO5. The molecule has 2 aromatic rings. The minimum atomic E-state index is -0.140. The number of ketones is 1. The van der Waals surface area contributed by atoms with Gasteiger partial charge in [-0.15, -0.1) is 0 Å². The van der Waals surface area contributed by atoms with E-state index in [0.717, 1.165) is 25.2 Å². The van der Waals surface area contributed by atoms with E-state index in [1.807, 2.05) is 12.1 Å². The van der Waals surface area contributed by atoms with Crippen LogP contribution in [0.2, 0.25) is 0 Å². The molecule has 0 aromatic heterocycles. The lowest BCUT2D eigenvalue weighted by molar-refractivity contribution is 0.101. The van der Waals surface area contributed by atoms with Crippen molar-refractivity contribution in [3.8, 4) is 23.0 Å². The van der Waals surface area contributed by atoms with Gasteiger partial charge in [-0.3, -0.25) is 9.69 Å². The molecule has 0 saturated carbocycles. The second-order valence-electron chi connectivity index (χ2n) is 7.11. The Morgan fingerprint density at radius 3 is 2.59 bits per heavy atom. The summed E-state index contributed by atoms with van der Waals surface area (Å²) in [5, 5.41) is 0. The lowest BCUT2D eigenvalue weighted by Gasteiger charge is -2.15. The van der Waals surface area contributed by atoms with E-state index in [4.69, 9.17) is 18.9 Å². The van der Waals surface area contributed by atoms with E-state index in [1.54, 1.807) is 44.6 Å². The van der Waals surface area contributed by atoms with Crippen LogP contribution < -0.4 is 18.9 Å². The maximum atomic E-state index is 12.7. The fourth-order valence-corrected chi connectivity index (χ4v) is 3.65. The summed E-state index contributed by atoms with van der Waals surface area (Å²) < 4.78 is 22.2. The summed E-state index contributed by atoms with van der Waals surface area (Å²) in [6.45, 7) is 3.84. The number of methoxy groups -OCH3 is 2. The second kappa shape index (κ2) is 8.57. The van der Waals surface area contributed by atoms with Gasteiger partial charge in [-0.25, -0.2) is 0 Å². The molecule has 29 heavy (non-hydrogen) atoms. The summed E-state index contributed by atoms with van der Waals surface area (Å²) in [5.74, 6) is 2.61. The maximum Gasteiger partial charge on any atom is 0.231 e. The van der Waals surface area contributed by atoms with Crippen molar-refractivity contribution in [2.45, 2.75) is 12.8 Å². The highest BCUT2D eigenvalue weighted by Crippen LogP contribution is 2.36. The van der Waals surface area contributed by atoms with Gasteiger partial charge in [-0.05, 0) is 61.8 Å². The number of allylic oxidation sites excluding steroid dienone is 1. The van der Waals surface area contributed by atoms with Crippen molar-refractivity contribution >= 4 is 11.9 Å². The lowest BCUT2D eigenvalue weighted by atomic mass is 10.1. The quantitative estimate of drug-likeness (QED) is 0.665. The van der Waals surface area contributed by atoms with E-state index in [1.165, 1.54) is 12.8 Å². The molecule has 6 heteroatoms. The summed E-state index contributed by atoms with van der Waals surface area (Å²) in [7, 11) is 3.16. The number of nitrogens with zero attached hydrogens (tertiary/aromatic N) is 1. The van der Waals surface area contributed by atoms with Crippen LogP contribution in [-0.2, 0) is 0 Å². The van der Waals surface area contributed by atoms with E-state index in [9.17, 15) is 4.79 Å². The Kier molecular flexibility index (Phi) is 5.71. The average Bonchev–Trinajstić information content (AvgIpc) is 3.36. The molecule has 0 aliphatic carbocycles. The van der Waals surface area contributed by atoms with Crippen molar-refractivity contribution in [1.29, 1.82) is 0 Å². The molecule has 0 bridgehead atoms. The van der Waals surface area contributed by atoms with Crippen LogP contribution in [0, 0.1) is 0 Å². The van der Waals surface area contributed by atoms with Crippen LogP contribution >= 0.6 is 0 Å². The number of hydrogen-bond acceptors (Lipinski definition) is 6. The van der Waals surface area contributed by atoms with Crippen molar-refractivity contribution in [3.05, 3.63) is 53.3 Å². The SMILES string of the molecule is COc1ccc(/C=C2/Oc3cc(OCCN4CCCC4)ccc3C2=O)cc1OC. The van der Waals surface area contributed by atoms with Gasteiger partial charge in [0.1, 0.15) is 18.1 Å². The highest BCUT2D eigenvalue weighted by atomic mass is 16.5. The van der Waals surface area contributed by atoms with Gasteiger partial charge in [0.2, 0.25) is 5.78 Å². The zero-order chi connectivity index (χ0) is 20.2. The van der Waals surface area contributed by atoms with Gasteiger partial charge in [-0.1, -0.05) is 6.07 Å². The van der Waals surface area contributed by atoms with Gasteiger partial charge in [0.05, 0.1) is 19.8 Å². The molecule has 0 radical (unpaired) electrons. The Labute approximate surface area is 170 Å². The molecule has 0 amide bonds. The molecule has 0 spiro atoms. The molecule has 2 aromatic carbocycles. The molecule has 4 rings (SSSR count). The van der Waals surface area contributed by atoms with Crippen LogP contribution in [0.3, 0.4) is 0 Å². The van der Waals surface area contributed by atoms with Crippen LogP contribution in [0.15, 0.2) is 42.2 Å². The first-order chi connectivity index (χ1) is 14.2. The number of rotatable bonds is 7. The van der Waals surface area contributed by atoms with Gasteiger partial charge < -0.3 is 18.9 Å². The number of carbonyl (C=O) groups is 1. The predicted molar refractivity (Wildman–Crippen MR) is 110 cm³/mol. The average molecular weight is 395 g/mol. The zero-order valence-electron chi connectivity index (χ0n) is 16.8. The number of carbonyl (C=O) groups excluding carboxylic acids is 1. The van der Waals surface area contributed by atoms with Gasteiger partial charge in [0.25, 0.3) is 0 Å². The number of fused-ring (bicyclic) bond motifs is 1. The zero-order valence-corrected chi connectivity index (χ0v) is 16.8. The smallest absolute Gasteiger partial charge is 0.231 e. The van der Waals surface area contributed by atoms with Crippen molar-refractivity contribution < 1.29 is 23.7 Å². The lowest BCUT2D eigenvalue weighted by Crippen LogP contribution is -2.25. The van der Waals surface area contributed by atoms with Gasteiger partial charge in [0.15, 0.2) is 17.3 Å². The Morgan fingerprint density at radius 2 is 1.83 bits per heavy atom. The number of ether oxygens (including phenoxy) is 4. The molecule has 0 N–H and O–H groups in total. The number of Topliss-reactive ketones (excluding diaryl/α,β-unsaturated/α-hetero) is 1. The molecule has 0 unspecified atom stereocenters. The summed E-state index contributed by atoms with van der Waals surface area (Å²) in [5.41, 5.74) is 1.34. The summed E-state index contributed by atoms with van der Waals surface area (Å²) in [6.07, 6.45) is 4.24. The summed E-state index contributed by atoms with van der Waals surface area (Å²) in [4.78, 5) is 15.1. The van der Waals surface area contributed by atoms with Gasteiger partial charge >= 0.3 is 0 Å². The first kappa shape index (κ1) is 19.3. The molecule has 2 heterocycles. The minimum Gasteiger partial charge on any atom is -0.493 e. The third-order valence-corrected chi connectivity index (χ3v) is 5.22. The summed E-state index contributed by atoms with van der Waals surface area (Å²) in [6, 6.07) is 10.8. The van der Waals surface area contributed by atoms with Gasteiger partial charge in [0, 0.05) is 12.6 Å². The van der Waals surface area contributed by atoms with E-state index >= 15 is 0 Å². The van der Waals surface area contributed by atoms with E-state index in [0.29, 0.717) is 35.2 Å².